The molecule has 5 heterocycles. The highest BCUT2D eigenvalue weighted by Crippen LogP contribution is 2.54. The van der Waals surface area contributed by atoms with Crippen LogP contribution >= 0.6 is 12.0 Å². The highest BCUT2D eigenvalue weighted by atomic mass is 32.2. The van der Waals surface area contributed by atoms with Crippen molar-refractivity contribution in [2.45, 2.75) is 74.9 Å². The van der Waals surface area contributed by atoms with E-state index >= 15 is 0 Å². The van der Waals surface area contributed by atoms with E-state index in [1.54, 1.807) is 0 Å². The van der Waals surface area contributed by atoms with Gasteiger partial charge in [-0.2, -0.15) is 8.91 Å². The molecule has 0 fully saturated rings. The van der Waals surface area contributed by atoms with Crippen molar-refractivity contribution >= 4 is 35.1 Å². The standard InChI is InChI=1S/C31H32N2O6S/c1-30(2)21-13-17(14-27(34)35)5-7-23(21)32-11-9-25-19(28(30)32)16-20-26(37-25)10-12-33-24-8-6-18(40-39-38-36)15-22(24)31(3,4)29(20)33/h5-8,13,15-16,25-26H,9-12,14H2,1-4H3,(H-,34,35,36). The van der Waals surface area contributed by atoms with Gasteiger partial charge in [0.2, 0.25) is 5.69 Å². The van der Waals surface area contributed by atoms with Crippen LogP contribution in [0.25, 0.3) is 0 Å². The van der Waals surface area contributed by atoms with Gasteiger partial charge in [0, 0.05) is 57.4 Å². The number of fused-ring (bicyclic) bond motifs is 8. The van der Waals surface area contributed by atoms with Gasteiger partial charge in [-0.25, -0.2) is 0 Å². The quantitative estimate of drug-likeness (QED) is 0.248. The molecular formula is C31H32N2O6S. The molecule has 5 aliphatic heterocycles. The summed E-state index contributed by atoms with van der Waals surface area (Å²) in [6.07, 6.45) is 4.34. The van der Waals surface area contributed by atoms with Crippen molar-refractivity contribution in [1.29, 1.82) is 0 Å². The normalized spacial score (nSPS) is 25.0. The van der Waals surface area contributed by atoms with E-state index in [2.05, 4.69) is 76.9 Å². The predicted molar refractivity (Wildman–Crippen MR) is 148 cm³/mol. The van der Waals surface area contributed by atoms with Gasteiger partial charge < -0.3 is 20.0 Å². The third-order valence-corrected chi connectivity index (χ3v) is 9.87. The fraction of sp³-hybridized carbons (Fsp3) is 0.419. The molecule has 9 heteroatoms. The molecule has 8 nitrogen and oxygen atoms in total. The fourth-order valence-corrected chi connectivity index (χ4v) is 8.10. The lowest BCUT2D eigenvalue weighted by Crippen LogP contribution is -2.47. The first-order valence-electron chi connectivity index (χ1n) is 13.8. The summed E-state index contributed by atoms with van der Waals surface area (Å²) < 4.78 is 13.9. The van der Waals surface area contributed by atoms with Gasteiger partial charge in [-0.1, -0.05) is 26.0 Å². The van der Waals surface area contributed by atoms with Gasteiger partial charge in [-0.3, -0.25) is 9.83 Å². The maximum absolute atomic E-state index is 11.4. The van der Waals surface area contributed by atoms with Gasteiger partial charge in [0.1, 0.15) is 0 Å². The Morgan fingerprint density at radius 2 is 1.95 bits per heavy atom. The number of aliphatic carboxylic acids is 1. The van der Waals surface area contributed by atoms with E-state index in [1.807, 2.05) is 12.1 Å². The van der Waals surface area contributed by atoms with Crippen LogP contribution in [0.2, 0.25) is 0 Å². The Morgan fingerprint density at radius 1 is 1.12 bits per heavy atom. The zero-order chi connectivity index (χ0) is 28.0. The van der Waals surface area contributed by atoms with Crippen molar-refractivity contribution in [3.05, 3.63) is 76.0 Å². The lowest BCUT2D eigenvalue weighted by Gasteiger charge is -2.42. The molecular weight excluding hydrogens is 528 g/mol. The zero-order valence-electron chi connectivity index (χ0n) is 23.0. The Hall–Kier alpha value is -2.95. The number of allylic oxidation sites excluding steroid dienone is 1. The predicted octanol–water partition coefficient (Wildman–Crippen LogP) is 4.47. The van der Waals surface area contributed by atoms with Crippen LogP contribution in [-0.4, -0.2) is 46.7 Å². The molecule has 0 saturated carbocycles. The SMILES string of the molecule is CC1(C)C2=C3C=C4C5=[N+](CCC4OC3CCN2c2ccc(CC(=O)O)cc21)c1ccc(SOO[O-])cc1C5(C)C. The summed E-state index contributed by atoms with van der Waals surface area (Å²) in [5, 5.41) is 23.3. The second kappa shape index (κ2) is 9.03. The number of carboxylic acids is 1. The molecule has 40 heavy (non-hydrogen) atoms. The summed E-state index contributed by atoms with van der Waals surface area (Å²) in [6.45, 7) is 10.8. The lowest BCUT2D eigenvalue weighted by atomic mass is 9.74. The van der Waals surface area contributed by atoms with Gasteiger partial charge in [0.15, 0.2) is 12.3 Å². The van der Waals surface area contributed by atoms with Crippen LogP contribution in [0.1, 0.15) is 57.2 Å². The first kappa shape index (κ1) is 26.0. The number of rotatable bonds is 5. The zero-order valence-corrected chi connectivity index (χ0v) is 23.8. The number of hydrogen-bond acceptors (Lipinski definition) is 7. The molecule has 2 atom stereocenters. The largest absolute Gasteiger partial charge is 0.691 e. The molecule has 0 spiro atoms. The number of benzene rings is 2. The number of nitrogens with zero attached hydrogens (tertiary/aromatic N) is 2. The van der Waals surface area contributed by atoms with Crippen molar-refractivity contribution in [2.24, 2.45) is 0 Å². The van der Waals surface area contributed by atoms with E-state index in [1.165, 1.54) is 45.1 Å². The summed E-state index contributed by atoms with van der Waals surface area (Å²) in [5.74, 6) is -0.817. The molecule has 0 saturated heterocycles. The van der Waals surface area contributed by atoms with Gasteiger partial charge in [0.25, 0.3) is 0 Å². The minimum absolute atomic E-state index is 0.0206. The van der Waals surface area contributed by atoms with Crippen LogP contribution in [0.5, 0.6) is 0 Å². The molecule has 0 amide bonds. The van der Waals surface area contributed by atoms with Crippen molar-refractivity contribution in [3.8, 4) is 0 Å². The molecule has 1 N–H and O–H groups in total. The van der Waals surface area contributed by atoms with E-state index in [0.717, 1.165) is 48.4 Å². The van der Waals surface area contributed by atoms with Crippen LogP contribution in [0, 0.1) is 0 Å². The Balaban J connectivity index is 1.34. The van der Waals surface area contributed by atoms with Crippen molar-refractivity contribution in [2.75, 3.05) is 18.0 Å². The Labute approximate surface area is 237 Å². The van der Waals surface area contributed by atoms with Crippen molar-refractivity contribution < 1.29 is 33.8 Å². The summed E-state index contributed by atoms with van der Waals surface area (Å²) in [6, 6.07) is 12.3. The molecule has 0 aliphatic carbocycles. The number of ether oxygens (including phenoxy) is 1. The van der Waals surface area contributed by atoms with Gasteiger partial charge in [0.05, 0.1) is 36.1 Å². The van der Waals surface area contributed by atoms with E-state index in [4.69, 9.17) is 4.74 Å². The molecule has 0 aromatic heterocycles. The van der Waals surface area contributed by atoms with Gasteiger partial charge in [-0.05, 0) is 55.7 Å². The second-order valence-corrected chi connectivity index (χ2v) is 13.1. The molecule has 5 aliphatic rings. The average molecular weight is 561 g/mol. The summed E-state index contributed by atoms with van der Waals surface area (Å²) in [7, 11) is 0. The third-order valence-electron chi connectivity index (χ3n) is 9.30. The van der Waals surface area contributed by atoms with E-state index < -0.39 is 5.97 Å². The Kier molecular flexibility index (Phi) is 5.86. The second-order valence-electron chi connectivity index (χ2n) is 12.3. The number of anilines is 1. The van der Waals surface area contributed by atoms with E-state index in [-0.39, 0.29) is 29.5 Å². The fourth-order valence-electron chi connectivity index (χ4n) is 7.71. The summed E-state index contributed by atoms with van der Waals surface area (Å²) >= 11 is 0.919. The third kappa shape index (κ3) is 3.68. The molecule has 7 rings (SSSR count). The van der Waals surface area contributed by atoms with Crippen LogP contribution < -0.4 is 10.2 Å². The van der Waals surface area contributed by atoms with Crippen LogP contribution in [0.15, 0.2) is 64.2 Å². The average Bonchev–Trinajstić information content (AvgIpc) is 3.29. The topological polar surface area (TPSA) is 94.3 Å². The molecule has 2 unspecified atom stereocenters. The highest BCUT2D eigenvalue weighted by Gasteiger charge is 2.54. The maximum Gasteiger partial charge on any atom is 0.307 e. The van der Waals surface area contributed by atoms with E-state index in [9.17, 15) is 15.2 Å². The Morgan fingerprint density at radius 3 is 2.73 bits per heavy atom. The monoisotopic (exact) mass is 560 g/mol. The minimum Gasteiger partial charge on any atom is -0.691 e. The number of hydrogen-bond donors (Lipinski definition) is 1. The minimum atomic E-state index is -0.817. The van der Waals surface area contributed by atoms with Crippen LogP contribution in [0.3, 0.4) is 0 Å². The molecule has 2 aromatic carbocycles. The summed E-state index contributed by atoms with van der Waals surface area (Å²) in [5.41, 5.74) is 9.98. The van der Waals surface area contributed by atoms with Crippen molar-refractivity contribution in [1.82, 2.24) is 0 Å². The van der Waals surface area contributed by atoms with Crippen molar-refractivity contribution in [3.63, 3.8) is 0 Å². The molecule has 0 bridgehead atoms. The number of carboxylic acid groups (broad SMARTS) is 1. The first-order valence-corrected chi connectivity index (χ1v) is 14.5. The smallest absolute Gasteiger partial charge is 0.307 e. The maximum atomic E-state index is 11.4. The van der Waals surface area contributed by atoms with E-state index in [0.29, 0.717) is 0 Å². The van der Waals surface area contributed by atoms with Gasteiger partial charge in [-0.15, -0.1) is 0 Å². The van der Waals surface area contributed by atoms with Gasteiger partial charge >= 0.3 is 5.97 Å². The molecule has 2 aromatic rings. The highest BCUT2D eigenvalue weighted by molar-refractivity contribution is 7.94. The van der Waals surface area contributed by atoms with Crippen LogP contribution in [0.4, 0.5) is 11.4 Å². The lowest BCUT2D eigenvalue weighted by molar-refractivity contribution is -0.777. The molecule has 208 valence electrons. The number of carbonyl (C=O) groups is 1. The first-order chi connectivity index (χ1) is 19.1. The Bertz CT molecular complexity index is 1550. The van der Waals surface area contributed by atoms with Crippen LogP contribution in [-0.2, 0) is 36.2 Å². The summed E-state index contributed by atoms with van der Waals surface area (Å²) in [4.78, 5) is 14.7. The molecule has 0 radical (unpaired) electrons.